The molecule has 2 aromatic carbocycles. The number of para-hydroxylation sites is 1. The van der Waals surface area contributed by atoms with E-state index in [-0.39, 0.29) is 0 Å². The molecule has 3 rings (SSSR count). The van der Waals surface area contributed by atoms with Crippen LogP contribution in [0.2, 0.25) is 0 Å². The highest BCUT2D eigenvalue weighted by Gasteiger charge is 2.11. The van der Waals surface area contributed by atoms with Crippen LogP contribution < -0.4 is 5.32 Å². The van der Waals surface area contributed by atoms with Gasteiger partial charge in [0, 0.05) is 24.1 Å². The van der Waals surface area contributed by atoms with Gasteiger partial charge in [0.25, 0.3) is 0 Å². The number of fused-ring (bicyclic) bond motifs is 1. The van der Waals surface area contributed by atoms with Gasteiger partial charge >= 0.3 is 0 Å². The van der Waals surface area contributed by atoms with Crippen LogP contribution in [0, 0.1) is 18.6 Å². The molecule has 3 nitrogen and oxygen atoms in total. The maximum Gasteiger partial charge on any atom is 0.162 e. The Bertz CT molecular complexity index is 811. The predicted molar refractivity (Wildman–Crippen MR) is 79.2 cm³/mol. The van der Waals surface area contributed by atoms with Crippen molar-refractivity contribution in [3.8, 4) is 11.4 Å². The van der Waals surface area contributed by atoms with E-state index in [2.05, 4.69) is 15.3 Å². The van der Waals surface area contributed by atoms with Crippen molar-refractivity contribution in [2.75, 3.05) is 12.4 Å². The molecule has 0 spiro atoms. The minimum Gasteiger partial charge on any atom is -0.373 e. The summed E-state index contributed by atoms with van der Waals surface area (Å²) in [7, 11) is 1.75. The molecule has 0 atom stereocenters. The molecule has 1 heterocycles. The number of aryl methyl sites for hydroxylation is 1. The number of benzene rings is 2. The van der Waals surface area contributed by atoms with Gasteiger partial charge < -0.3 is 5.32 Å². The number of aromatic nitrogens is 2. The first-order valence-corrected chi connectivity index (χ1v) is 6.50. The zero-order valence-electron chi connectivity index (χ0n) is 11.6. The van der Waals surface area contributed by atoms with Crippen molar-refractivity contribution in [3.63, 3.8) is 0 Å². The van der Waals surface area contributed by atoms with Gasteiger partial charge in [-0.2, -0.15) is 0 Å². The normalized spacial score (nSPS) is 10.9. The molecule has 0 aliphatic heterocycles. The first-order valence-electron chi connectivity index (χ1n) is 6.50. The Morgan fingerprint density at radius 3 is 2.38 bits per heavy atom. The van der Waals surface area contributed by atoms with Gasteiger partial charge in [0.15, 0.2) is 5.82 Å². The van der Waals surface area contributed by atoms with Crippen molar-refractivity contribution in [1.29, 1.82) is 0 Å². The highest BCUT2D eigenvalue weighted by atomic mass is 19.1. The smallest absolute Gasteiger partial charge is 0.162 e. The van der Waals surface area contributed by atoms with Crippen LogP contribution in [-0.2, 0) is 0 Å². The fraction of sp³-hybridized carbons (Fsp3) is 0.125. The van der Waals surface area contributed by atoms with E-state index in [0.29, 0.717) is 17.2 Å². The summed E-state index contributed by atoms with van der Waals surface area (Å²) in [5, 5.41) is 3.87. The van der Waals surface area contributed by atoms with Crippen molar-refractivity contribution >= 4 is 16.7 Å². The first kappa shape index (κ1) is 13.4. The van der Waals surface area contributed by atoms with E-state index in [1.165, 1.54) is 12.1 Å². The van der Waals surface area contributed by atoms with Gasteiger partial charge in [0.2, 0.25) is 0 Å². The topological polar surface area (TPSA) is 37.8 Å². The van der Waals surface area contributed by atoms with Crippen LogP contribution in [0.25, 0.3) is 22.3 Å². The van der Waals surface area contributed by atoms with Gasteiger partial charge in [0.1, 0.15) is 17.5 Å². The Labute approximate surface area is 120 Å². The second-order valence-electron chi connectivity index (χ2n) is 4.78. The van der Waals surface area contributed by atoms with Gasteiger partial charge in [-0.1, -0.05) is 12.1 Å². The van der Waals surface area contributed by atoms with Gasteiger partial charge in [-0.3, -0.25) is 0 Å². The highest BCUT2D eigenvalue weighted by Crippen LogP contribution is 2.27. The largest absolute Gasteiger partial charge is 0.373 e. The third-order valence-electron chi connectivity index (χ3n) is 3.29. The quantitative estimate of drug-likeness (QED) is 0.775. The molecule has 0 saturated carbocycles. The summed E-state index contributed by atoms with van der Waals surface area (Å²) >= 11 is 0. The molecule has 0 saturated heterocycles. The van der Waals surface area contributed by atoms with Crippen LogP contribution in [-0.4, -0.2) is 17.0 Å². The average Bonchev–Trinajstić information content (AvgIpc) is 2.45. The zero-order valence-corrected chi connectivity index (χ0v) is 11.6. The van der Waals surface area contributed by atoms with E-state index >= 15 is 0 Å². The number of rotatable bonds is 2. The number of nitrogens with one attached hydrogen (secondary N) is 1. The summed E-state index contributed by atoms with van der Waals surface area (Å²) in [4.78, 5) is 8.81. The molecule has 0 aliphatic rings. The Morgan fingerprint density at radius 2 is 1.71 bits per heavy atom. The minimum atomic E-state index is -0.649. The lowest BCUT2D eigenvalue weighted by Crippen LogP contribution is -2.00. The maximum absolute atomic E-state index is 13.4. The number of hydrogen-bond acceptors (Lipinski definition) is 3. The predicted octanol–water partition coefficient (Wildman–Crippen LogP) is 3.93. The van der Waals surface area contributed by atoms with Crippen molar-refractivity contribution in [1.82, 2.24) is 9.97 Å². The van der Waals surface area contributed by atoms with E-state index in [1.54, 1.807) is 7.05 Å². The molecule has 3 aromatic rings. The summed E-state index contributed by atoms with van der Waals surface area (Å²) < 4.78 is 26.8. The third kappa shape index (κ3) is 2.42. The van der Waals surface area contributed by atoms with E-state index in [1.807, 2.05) is 25.1 Å². The van der Waals surface area contributed by atoms with Crippen LogP contribution in [0.5, 0.6) is 0 Å². The molecule has 0 unspecified atom stereocenters. The number of hydrogen-bond donors (Lipinski definition) is 1. The summed E-state index contributed by atoms with van der Waals surface area (Å²) in [5.41, 5.74) is 2.05. The summed E-state index contributed by atoms with van der Waals surface area (Å²) in [6.45, 7) is 1.94. The van der Waals surface area contributed by atoms with Crippen LogP contribution >= 0.6 is 0 Å². The summed E-state index contributed by atoms with van der Waals surface area (Å²) in [6, 6.07) is 9.04. The number of anilines is 1. The van der Waals surface area contributed by atoms with Gasteiger partial charge in [0.05, 0.1) is 5.52 Å². The highest BCUT2D eigenvalue weighted by molar-refractivity contribution is 5.92. The molecule has 0 amide bonds. The second-order valence-corrected chi connectivity index (χ2v) is 4.78. The second kappa shape index (κ2) is 5.09. The van der Waals surface area contributed by atoms with Crippen molar-refractivity contribution in [2.45, 2.75) is 6.92 Å². The molecule has 5 heteroatoms. The van der Waals surface area contributed by atoms with Crippen LogP contribution in [0.1, 0.15) is 5.56 Å². The van der Waals surface area contributed by atoms with E-state index in [0.717, 1.165) is 22.5 Å². The Kier molecular flexibility index (Phi) is 3.25. The lowest BCUT2D eigenvalue weighted by molar-refractivity contribution is 0.584. The molecular weight excluding hydrogens is 272 g/mol. The maximum atomic E-state index is 13.4. The Hall–Kier alpha value is -2.56. The molecule has 1 aromatic heterocycles. The molecule has 21 heavy (non-hydrogen) atoms. The Balaban J connectivity index is 2.30. The standard InChI is InChI=1S/C16H13F2N3/c1-9-4-3-5-13-14(9)20-15(21-16(13)19-2)10-6-11(17)8-12(18)7-10/h3-8H,1-2H3,(H,19,20,21). The first-order chi connectivity index (χ1) is 10.1. The molecule has 0 bridgehead atoms. The fourth-order valence-corrected chi connectivity index (χ4v) is 2.30. The SMILES string of the molecule is CNc1nc(-c2cc(F)cc(F)c2)nc2c(C)cccc12. The monoisotopic (exact) mass is 285 g/mol. The summed E-state index contributed by atoms with van der Waals surface area (Å²) in [6.07, 6.45) is 0. The van der Waals surface area contributed by atoms with Gasteiger partial charge in [-0.05, 0) is 30.7 Å². The fourth-order valence-electron chi connectivity index (χ4n) is 2.30. The molecular formula is C16H13F2N3. The van der Waals surface area contributed by atoms with Gasteiger partial charge in [-0.25, -0.2) is 18.7 Å². The van der Waals surface area contributed by atoms with Gasteiger partial charge in [-0.15, -0.1) is 0 Å². The van der Waals surface area contributed by atoms with E-state index < -0.39 is 11.6 Å². The lowest BCUT2D eigenvalue weighted by atomic mass is 10.1. The third-order valence-corrected chi connectivity index (χ3v) is 3.29. The van der Waals surface area contributed by atoms with Crippen LogP contribution in [0.3, 0.4) is 0 Å². The number of nitrogens with zero attached hydrogens (tertiary/aromatic N) is 2. The average molecular weight is 285 g/mol. The lowest BCUT2D eigenvalue weighted by Gasteiger charge is -2.10. The molecule has 106 valence electrons. The van der Waals surface area contributed by atoms with E-state index in [9.17, 15) is 8.78 Å². The molecule has 0 aliphatic carbocycles. The van der Waals surface area contributed by atoms with E-state index in [4.69, 9.17) is 0 Å². The van der Waals surface area contributed by atoms with Crippen LogP contribution in [0.15, 0.2) is 36.4 Å². The van der Waals surface area contributed by atoms with Crippen molar-refractivity contribution in [2.24, 2.45) is 0 Å². The Morgan fingerprint density at radius 1 is 1.00 bits per heavy atom. The van der Waals surface area contributed by atoms with Crippen LogP contribution in [0.4, 0.5) is 14.6 Å². The summed E-state index contributed by atoms with van der Waals surface area (Å²) in [5.74, 6) is -0.378. The van der Waals surface area contributed by atoms with Crippen molar-refractivity contribution in [3.05, 3.63) is 53.6 Å². The molecule has 0 fully saturated rings. The molecule has 1 N–H and O–H groups in total. The number of halogens is 2. The minimum absolute atomic E-state index is 0.291. The zero-order chi connectivity index (χ0) is 15.0. The van der Waals surface area contributed by atoms with Crippen molar-refractivity contribution < 1.29 is 8.78 Å². The molecule has 0 radical (unpaired) electrons.